The zero-order valence-electron chi connectivity index (χ0n) is 50.4. The highest BCUT2D eigenvalue weighted by molar-refractivity contribution is 5.71. The minimum Gasteiger partial charge on any atom is -0.462 e. The predicted octanol–water partition coefficient (Wildman–Crippen LogP) is 22.8. The van der Waals surface area contributed by atoms with Crippen LogP contribution < -0.4 is 0 Å². The quantitative estimate of drug-likeness (QED) is 0.0261. The van der Waals surface area contributed by atoms with E-state index in [0.29, 0.717) is 19.3 Å². The number of rotatable bonds is 63. The third-order valence-corrected chi connectivity index (χ3v) is 15.5. The molecule has 0 aromatic carbocycles. The molecule has 0 saturated heterocycles. The molecule has 0 heterocycles. The van der Waals surface area contributed by atoms with Gasteiger partial charge in [-0.1, -0.05) is 335 Å². The Kier molecular flexibility index (Phi) is 62.1. The summed E-state index contributed by atoms with van der Waals surface area (Å²) >= 11 is 0. The summed E-state index contributed by atoms with van der Waals surface area (Å²) in [5.74, 6) is -0.843. The summed E-state index contributed by atoms with van der Waals surface area (Å²) in [7, 11) is 0. The number of hydrogen-bond acceptors (Lipinski definition) is 6. The molecular weight excluding hydrogens is 913 g/mol. The van der Waals surface area contributed by atoms with Crippen molar-refractivity contribution in [1.29, 1.82) is 0 Å². The maximum absolute atomic E-state index is 12.9. The van der Waals surface area contributed by atoms with Gasteiger partial charge < -0.3 is 14.2 Å². The predicted molar refractivity (Wildman–Crippen MR) is 321 cm³/mol. The Hall–Kier alpha value is -1.85. The minimum atomic E-state index is -0.769. The third kappa shape index (κ3) is 61.0. The molecule has 1 unspecified atom stereocenters. The second-order valence-electron chi connectivity index (χ2n) is 23.1. The van der Waals surface area contributed by atoms with Gasteiger partial charge in [0.15, 0.2) is 6.10 Å². The number of carbonyl (C=O) groups excluding carboxylic acids is 3. The largest absolute Gasteiger partial charge is 0.462 e. The van der Waals surface area contributed by atoms with Gasteiger partial charge >= 0.3 is 17.9 Å². The van der Waals surface area contributed by atoms with Crippen LogP contribution in [0.4, 0.5) is 0 Å². The molecule has 0 rings (SSSR count). The Bertz CT molecular complexity index is 1150. The molecule has 0 aliphatic rings. The number of esters is 3. The number of hydrogen-bond donors (Lipinski definition) is 0. The summed E-state index contributed by atoms with van der Waals surface area (Å²) in [4.78, 5) is 38.3. The van der Waals surface area contributed by atoms with Gasteiger partial charge in [0.05, 0.1) is 0 Å². The first kappa shape index (κ1) is 72.2. The highest BCUT2D eigenvalue weighted by Crippen LogP contribution is 2.19. The molecule has 0 radical (unpaired) electrons. The molecule has 1 atom stereocenters. The van der Waals surface area contributed by atoms with Gasteiger partial charge in [0.25, 0.3) is 0 Å². The Morgan fingerprint density at radius 3 is 0.689 bits per heavy atom. The van der Waals surface area contributed by atoms with Crippen molar-refractivity contribution < 1.29 is 28.6 Å². The Labute approximate surface area is 462 Å². The Morgan fingerprint density at radius 1 is 0.257 bits per heavy atom. The van der Waals surface area contributed by atoms with E-state index in [4.69, 9.17) is 14.2 Å². The van der Waals surface area contributed by atoms with Gasteiger partial charge in [0, 0.05) is 19.3 Å². The Morgan fingerprint density at radius 2 is 0.446 bits per heavy atom. The smallest absolute Gasteiger partial charge is 0.306 e. The highest BCUT2D eigenvalue weighted by Gasteiger charge is 2.19. The Balaban J connectivity index is 4.18. The topological polar surface area (TPSA) is 78.9 Å². The second kappa shape index (κ2) is 63.7. The van der Waals surface area contributed by atoms with Crippen LogP contribution in [-0.4, -0.2) is 37.2 Å². The molecule has 0 aliphatic carbocycles. The lowest BCUT2D eigenvalue weighted by atomic mass is 10.0. The summed E-state index contributed by atoms with van der Waals surface area (Å²) in [5.41, 5.74) is 0. The molecule has 0 aromatic rings. The molecule has 0 saturated carbocycles. The fourth-order valence-electron chi connectivity index (χ4n) is 10.4. The first-order valence-electron chi connectivity index (χ1n) is 33.7. The number of ether oxygens (including phenoxy) is 3. The normalized spacial score (nSPS) is 12.0. The van der Waals surface area contributed by atoms with Gasteiger partial charge in [-0.3, -0.25) is 14.4 Å². The van der Waals surface area contributed by atoms with Gasteiger partial charge in [-0.05, 0) is 44.9 Å². The van der Waals surface area contributed by atoms with E-state index in [1.807, 2.05) is 0 Å². The van der Waals surface area contributed by atoms with Gasteiger partial charge in [-0.15, -0.1) is 0 Å². The van der Waals surface area contributed by atoms with E-state index in [-0.39, 0.29) is 31.1 Å². The lowest BCUT2D eigenvalue weighted by molar-refractivity contribution is -0.167. The zero-order valence-corrected chi connectivity index (χ0v) is 50.4. The van der Waals surface area contributed by atoms with Crippen molar-refractivity contribution in [2.24, 2.45) is 0 Å². The van der Waals surface area contributed by atoms with Crippen molar-refractivity contribution in [3.8, 4) is 0 Å². The van der Waals surface area contributed by atoms with E-state index in [0.717, 1.165) is 64.2 Å². The van der Waals surface area contributed by atoms with Crippen molar-refractivity contribution in [1.82, 2.24) is 0 Å². The van der Waals surface area contributed by atoms with Crippen molar-refractivity contribution in [3.63, 3.8) is 0 Å². The van der Waals surface area contributed by atoms with E-state index < -0.39 is 6.10 Å². The van der Waals surface area contributed by atoms with Crippen LogP contribution in [-0.2, 0) is 28.6 Å². The maximum Gasteiger partial charge on any atom is 0.306 e. The average molecular weight is 1040 g/mol. The number of carbonyl (C=O) groups is 3. The molecule has 74 heavy (non-hydrogen) atoms. The minimum absolute atomic E-state index is 0.0659. The zero-order chi connectivity index (χ0) is 53.6. The van der Waals surface area contributed by atoms with Crippen LogP contribution in [0.1, 0.15) is 387 Å². The van der Waals surface area contributed by atoms with E-state index in [1.165, 1.54) is 283 Å². The van der Waals surface area contributed by atoms with Crippen molar-refractivity contribution >= 4 is 17.9 Å². The van der Waals surface area contributed by atoms with Crippen LogP contribution in [0.2, 0.25) is 0 Å². The van der Waals surface area contributed by atoms with Crippen LogP contribution in [0.15, 0.2) is 12.2 Å². The van der Waals surface area contributed by atoms with Crippen molar-refractivity contribution in [2.45, 2.75) is 393 Å². The van der Waals surface area contributed by atoms with Crippen LogP contribution in [0.5, 0.6) is 0 Å². The lowest BCUT2D eigenvalue weighted by Gasteiger charge is -2.18. The van der Waals surface area contributed by atoms with Crippen molar-refractivity contribution in [3.05, 3.63) is 12.2 Å². The summed E-state index contributed by atoms with van der Waals surface area (Å²) in [6, 6.07) is 0. The van der Waals surface area contributed by atoms with E-state index >= 15 is 0 Å². The lowest BCUT2D eigenvalue weighted by Crippen LogP contribution is -2.30. The fourth-order valence-corrected chi connectivity index (χ4v) is 10.4. The molecular formula is C68H130O6. The molecule has 0 fully saturated rings. The maximum atomic E-state index is 12.9. The molecule has 6 heteroatoms. The summed E-state index contributed by atoms with van der Waals surface area (Å²) in [5, 5.41) is 0. The summed E-state index contributed by atoms with van der Waals surface area (Å²) < 4.78 is 17.0. The molecule has 0 N–H and O–H groups in total. The van der Waals surface area contributed by atoms with Crippen LogP contribution in [0.3, 0.4) is 0 Å². The van der Waals surface area contributed by atoms with Crippen LogP contribution in [0.25, 0.3) is 0 Å². The first-order chi connectivity index (χ1) is 36.5. The highest BCUT2D eigenvalue weighted by atomic mass is 16.6. The summed E-state index contributed by atoms with van der Waals surface area (Å²) in [6.07, 6.45) is 75.2. The van der Waals surface area contributed by atoms with E-state index in [1.54, 1.807) is 0 Å². The second-order valence-corrected chi connectivity index (χ2v) is 23.1. The summed E-state index contributed by atoms with van der Waals surface area (Å²) in [6.45, 7) is 6.70. The molecule has 0 amide bonds. The standard InChI is InChI=1S/C68H130O6/c1-4-7-10-13-16-19-22-25-27-29-30-31-32-33-34-35-36-37-39-40-43-46-49-52-55-58-61-67(70)73-64-65(63-72-66(69)60-57-54-51-48-45-42-24-21-18-15-12-9-6-3)74-68(71)62-59-56-53-50-47-44-41-38-28-26-23-20-17-14-11-8-5-2/h21,24,65H,4-20,22-23,25-64H2,1-3H3/b24-21-. The molecule has 0 bridgehead atoms. The van der Waals surface area contributed by atoms with E-state index in [2.05, 4.69) is 32.9 Å². The number of unbranched alkanes of at least 4 members (excludes halogenated alkanes) is 50. The van der Waals surface area contributed by atoms with Crippen LogP contribution >= 0.6 is 0 Å². The van der Waals surface area contributed by atoms with Crippen molar-refractivity contribution in [2.75, 3.05) is 13.2 Å². The molecule has 0 aliphatic heterocycles. The van der Waals surface area contributed by atoms with Gasteiger partial charge in [-0.25, -0.2) is 0 Å². The average Bonchev–Trinajstić information content (AvgIpc) is 3.40. The van der Waals surface area contributed by atoms with Gasteiger partial charge in [0.2, 0.25) is 0 Å². The van der Waals surface area contributed by atoms with Crippen LogP contribution in [0, 0.1) is 0 Å². The third-order valence-electron chi connectivity index (χ3n) is 15.5. The van der Waals surface area contributed by atoms with Gasteiger partial charge in [-0.2, -0.15) is 0 Å². The van der Waals surface area contributed by atoms with Gasteiger partial charge in [0.1, 0.15) is 13.2 Å². The molecule has 0 spiro atoms. The first-order valence-corrected chi connectivity index (χ1v) is 33.7. The number of allylic oxidation sites excluding steroid dienone is 2. The fraction of sp³-hybridized carbons (Fsp3) is 0.926. The molecule has 6 nitrogen and oxygen atoms in total. The monoisotopic (exact) mass is 1040 g/mol. The molecule has 438 valence electrons. The molecule has 0 aromatic heterocycles. The van der Waals surface area contributed by atoms with E-state index in [9.17, 15) is 14.4 Å². The SMILES string of the molecule is CCCCCC/C=C\CCCCCCCC(=O)OCC(COC(=O)CCCCCCCCCCCCCCCCCCCCCCCCCCCC)OC(=O)CCCCCCCCCCCCCCCCCCC.